The summed E-state index contributed by atoms with van der Waals surface area (Å²) in [4.78, 5) is 0. The van der Waals surface area contributed by atoms with Crippen molar-refractivity contribution in [3.05, 3.63) is 57.0 Å². The number of aryl methyl sites for hydroxylation is 1. The number of anilines is 1. The van der Waals surface area contributed by atoms with Gasteiger partial charge < -0.3 is 10.4 Å². The molecule has 0 aliphatic rings. The fourth-order valence-corrected chi connectivity index (χ4v) is 2.62. The predicted molar refractivity (Wildman–Crippen MR) is 91.0 cm³/mol. The molecule has 2 rings (SSSR count). The van der Waals surface area contributed by atoms with Crippen LogP contribution in [0.2, 0.25) is 15.1 Å². The number of rotatable bonds is 5. The van der Waals surface area contributed by atoms with Gasteiger partial charge in [0.15, 0.2) is 0 Å². The maximum Gasteiger partial charge on any atom is 0.115 e. The van der Waals surface area contributed by atoms with Crippen LogP contribution >= 0.6 is 34.8 Å². The van der Waals surface area contributed by atoms with Crippen LogP contribution in [0.4, 0.5) is 5.69 Å². The van der Waals surface area contributed by atoms with Gasteiger partial charge in [0.05, 0.1) is 20.8 Å². The Labute approximate surface area is 139 Å². The lowest BCUT2D eigenvalue weighted by Crippen LogP contribution is -2.16. The van der Waals surface area contributed by atoms with Crippen molar-refractivity contribution in [3.8, 4) is 5.75 Å². The van der Waals surface area contributed by atoms with Crippen molar-refractivity contribution in [2.75, 3.05) is 5.32 Å². The van der Waals surface area contributed by atoms with Crippen molar-refractivity contribution in [3.63, 3.8) is 0 Å². The molecule has 2 N–H and O–H groups in total. The lowest BCUT2D eigenvalue weighted by Gasteiger charge is -2.17. The van der Waals surface area contributed by atoms with Crippen LogP contribution in [0.1, 0.15) is 18.9 Å². The van der Waals surface area contributed by atoms with E-state index in [1.807, 2.05) is 12.1 Å². The number of hydrogen-bond donors (Lipinski definition) is 2. The Balaban J connectivity index is 1.94. The summed E-state index contributed by atoms with van der Waals surface area (Å²) in [5, 5.41) is 14.1. The van der Waals surface area contributed by atoms with Gasteiger partial charge in [-0.15, -0.1) is 0 Å². The Morgan fingerprint density at radius 3 is 2.29 bits per heavy atom. The SMILES string of the molecule is CC(CCc1ccc(O)cc1)Nc1cc(Cl)c(Cl)cc1Cl. The number of halogens is 3. The maximum atomic E-state index is 9.26. The van der Waals surface area contributed by atoms with Gasteiger partial charge in [0, 0.05) is 6.04 Å². The number of nitrogens with one attached hydrogen (secondary N) is 1. The van der Waals surface area contributed by atoms with E-state index in [1.165, 1.54) is 5.56 Å². The van der Waals surface area contributed by atoms with Crippen LogP contribution in [0.5, 0.6) is 5.75 Å². The highest BCUT2D eigenvalue weighted by atomic mass is 35.5. The maximum absolute atomic E-state index is 9.26. The molecule has 2 aromatic rings. The molecule has 0 radical (unpaired) electrons. The van der Waals surface area contributed by atoms with Crippen LogP contribution in [0, 0.1) is 0 Å². The summed E-state index contributed by atoms with van der Waals surface area (Å²) in [6, 6.07) is 10.9. The van der Waals surface area contributed by atoms with Crippen LogP contribution in [0.25, 0.3) is 0 Å². The molecule has 0 saturated carbocycles. The fraction of sp³-hybridized carbons (Fsp3) is 0.250. The van der Waals surface area contributed by atoms with Crippen molar-refractivity contribution in [1.82, 2.24) is 0 Å². The molecule has 1 unspecified atom stereocenters. The molecular formula is C16H16Cl3NO. The van der Waals surface area contributed by atoms with Crippen LogP contribution < -0.4 is 5.32 Å². The third-order valence-electron chi connectivity index (χ3n) is 3.21. The first-order chi connectivity index (χ1) is 9.95. The zero-order valence-corrected chi connectivity index (χ0v) is 13.8. The van der Waals surface area contributed by atoms with Crippen molar-refractivity contribution >= 4 is 40.5 Å². The minimum atomic E-state index is 0.230. The molecular weight excluding hydrogens is 329 g/mol. The predicted octanol–water partition coefficient (Wildman–Crippen LogP) is 5.79. The van der Waals surface area contributed by atoms with E-state index in [4.69, 9.17) is 34.8 Å². The Morgan fingerprint density at radius 1 is 1.00 bits per heavy atom. The molecule has 0 aromatic heterocycles. The highest BCUT2D eigenvalue weighted by Gasteiger charge is 2.09. The summed E-state index contributed by atoms with van der Waals surface area (Å²) < 4.78 is 0. The molecule has 0 spiro atoms. The minimum Gasteiger partial charge on any atom is -0.508 e. The molecule has 5 heteroatoms. The van der Waals surface area contributed by atoms with Gasteiger partial charge in [0.2, 0.25) is 0 Å². The second-order valence-electron chi connectivity index (χ2n) is 5.00. The van der Waals surface area contributed by atoms with Crippen molar-refractivity contribution in [1.29, 1.82) is 0 Å². The van der Waals surface area contributed by atoms with Gasteiger partial charge in [0.1, 0.15) is 5.75 Å². The molecule has 0 saturated heterocycles. The molecule has 112 valence electrons. The third-order valence-corrected chi connectivity index (χ3v) is 4.25. The normalized spacial score (nSPS) is 12.2. The Bertz CT molecular complexity index is 614. The van der Waals surface area contributed by atoms with Gasteiger partial charge in [-0.2, -0.15) is 0 Å². The van der Waals surface area contributed by atoms with E-state index in [-0.39, 0.29) is 11.8 Å². The van der Waals surface area contributed by atoms with E-state index in [2.05, 4.69) is 12.2 Å². The van der Waals surface area contributed by atoms with Gasteiger partial charge in [-0.1, -0.05) is 46.9 Å². The molecule has 0 aliphatic carbocycles. The number of benzene rings is 2. The first-order valence-electron chi connectivity index (χ1n) is 6.64. The van der Waals surface area contributed by atoms with Crippen molar-refractivity contribution < 1.29 is 5.11 Å². The molecule has 1 atom stereocenters. The van der Waals surface area contributed by atoms with Crippen LogP contribution in [-0.2, 0) is 6.42 Å². The van der Waals surface area contributed by atoms with E-state index in [9.17, 15) is 5.11 Å². The van der Waals surface area contributed by atoms with E-state index in [1.54, 1.807) is 24.3 Å². The van der Waals surface area contributed by atoms with Gasteiger partial charge in [-0.25, -0.2) is 0 Å². The first kappa shape index (κ1) is 16.3. The molecule has 0 bridgehead atoms. The molecule has 0 fully saturated rings. The van der Waals surface area contributed by atoms with Gasteiger partial charge in [-0.3, -0.25) is 0 Å². The molecule has 0 heterocycles. The number of hydrogen-bond acceptors (Lipinski definition) is 2. The standard InChI is InChI=1S/C16H16Cl3NO/c1-10(2-3-11-4-6-12(21)7-5-11)20-16-9-14(18)13(17)8-15(16)19/h4-10,20-21H,2-3H2,1H3. The van der Waals surface area contributed by atoms with Crippen molar-refractivity contribution in [2.45, 2.75) is 25.8 Å². The number of phenolic OH excluding ortho intramolecular Hbond substituents is 1. The zero-order chi connectivity index (χ0) is 15.4. The second-order valence-corrected chi connectivity index (χ2v) is 6.22. The number of aromatic hydroxyl groups is 1. The summed E-state index contributed by atoms with van der Waals surface area (Å²) in [6.07, 6.45) is 1.84. The lowest BCUT2D eigenvalue weighted by atomic mass is 10.1. The summed E-state index contributed by atoms with van der Waals surface area (Å²) in [7, 11) is 0. The summed E-state index contributed by atoms with van der Waals surface area (Å²) >= 11 is 18.1. The number of phenols is 1. The van der Waals surface area contributed by atoms with Crippen LogP contribution in [0.3, 0.4) is 0 Å². The molecule has 2 aromatic carbocycles. The lowest BCUT2D eigenvalue weighted by molar-refractivity contribution is 0.475. The average molecular weight is 345 g/mol. The summed E-state index contributed by atoms with van der Waals surface area (Å²) in [6.45, 7) is 2.08. The van der Waals surface area contributed by atoms with Gasteiger partial charge in [0.25, 0.3) is 0 Å². The largest absolute Gasteiger partial charge is 0.508 e. The Kier molecular flexibility index (Phi) is 5.63. The molecule has 0 aliphatic heterocycles. The molecule has 2 nitrogen and oxygen atoms in total. The van der Waals surface area contributed by atoms with E-state index in [0.717, 1.165) is 18.5 Å². The molecule has 0 amide bonds. The second kappa shape index (κ2) is 7.26. The van der Waals surface area contributed by atoms with E-state index in [0.29, 0.717) is 15.1 Å². The fourth-order valence-electron chi connectivity index (χ4n) is 2.02. The first-order valence-corrected chi connectivity index (χ1v) is 7.78. The van der Waals surface area contributed by atoms with E-state index < -0.39 is 0 Å². The van der Waals surface area contributed by atoms with Crippen molar-refractivity contribution in [2.24, 2.45) is 0 Å². The van der Waals surface area contributed by atoms with Gasteiger partial charge in [-0.05, 0) is 49.6 Å². The topological polar surface area (TPSA) is 32.3 Å². The highest BCUT2D eigenvalue weighted by Crippen LogP contribution is 2.32. The highest BCUT2D eigenvalue weighted by molar-refractivity contribution is 6.44. The third kappa shape index (κ3) is 4.70. The quantitative estimate of drug-likeness (QED) is 0.673. The minimum absolute atomic E-state index is 0.230. The zero-order valence-electron chi connectivity index (χ0n) is 11.5. The summed E-state index contributed by atoms with van der Waals surface area (Å²) in [5.41, 5.74) is 1.96. The summed E-state index contributed by atoms with van der Waals surface area (Å²) in [5.74, 6) is 0.285. The van der Waals surface area contributed by atoms with Gasteiger partial charge >= 0.3 is 0 Å². The van der Waals surface area contributed by atoms with Crippen LogP contribution in [0.15, 0.2) is 36.4 Å². The molecule has 21 heavy (non-hydrogen) atoms. The van der Waals surface area contributed by atoms with Crippen LogP contribution in [-0.4, -0.2) is 11.1 Å². The Hall–Kier alpha value is -1.09. The monoisotopic (exact) mass is 343 g/mol. The Morgan fingerprint density at radius 2 is 1.62 bits per heavy atom. The van der Waals surface area contributed by atoms with E-state index >= 15 is 0 Å². The smallest absolute Gasteiger partial charge is 0.115 e. The average Bonchev–Trinajstić information content (AvgIpc) is 2.44.